The lowest BCUT2D eigenvalue weighted by molar-refractivity contribution is 0.0534. The monoisotopic (exact) mass is 256 g/mol. The Hall–Kier alpha value is -1.27. The van der Waals surface area contributed by atoms with E-state index >= 15 is 0 Å². The minimum atomic E-state index is -0.375. The zero-order valence-electron chi connectivity index (χ0n) is 9.93. The largest absolute Gasteiger partial charge is 0.465 e. The summed E-state index contributed by atoms with van der Waals surface area (Å²) in [4.78, 5) is 14.1. The number of anilines is 2. The van der Waals surface area contributed by atoms with Gasteiger partial charge in [0.1, 0.15) is 4.88 Å². The molecular weight excluding hydrogens is 240 g/mol. The van der Waals surface area contributed by atoms with Crippen LogP contribution in [0.2, 0.25) is 0 Å². The number of hydrogen-bond donors (Lipinski definition) is 1. The first-order chi connectivity index (χ1) is 8.11. The molecule has 0 radical (unpaired) electrons. The van der Waals surface area contributed by atoms with Gasteiger partial charge in [0.05, 0.1) is 30.5 Å². The fourth-order valence-corrected chi connectivity index (χ4v) is 2.85. The molecule has 0 bridgehead atoms. The van der Waals surface area contributed by atoms with E-state index in [9.17, 15) is 4.79 Å². The third-order valence-corrected chi connectivity index (χ3v) is 3.86. The summed E-state index contributed by atoms with van der Waals surface area (Å²) in [7, 11) is 1.36. The van der Waals surface area contributed by atoms with Crippen molar-refractivity contribution in [3.63, 3.8) is 0 Å². The molecule has 1 aliphatic heterocycles. The number of methoxy groups -OCH3 is 1. The van der Waals surface area contributed by atoms with Gasteiger partial charge in [-0.15, -0.1) is 11.3 Å². The van der Waals surface area contributed by atoms with Crippen molar-refractivity contribution in [2.24, 2.45) is 0 Å². The maximum atomic E-state index is 11.5. The predicted octanol–water partition coefficient (Wildman–Crippen LogP) is 1.34. The molecule has 6 heteroatoms. The summed E-state index contributed by atoms with van der Waals surface area (Å²) in [6.07, 6.45) is 0.202. The van der Waals surface area contributed by atoms with Crippen LogP contribution >= 0.6 is 11.3 Å². The van der Waals surface area contributed by atoms with Crippen molar-refractivity contribution in [3.8, 4) is 0 Å². The number of nitrogen functional groups attached to an aromatic ring is 1. The first-order valence-electron chi connectivity index (χ1n) is 5.46. The van der Waals surface area contributed by atoms with E-state index in [1.807, 2.05) is 13.0 Å². The normalized spacial score (nSPS) is 20.4. The lowest BCUT2D eigenvalue weighted by atomic mass is 10.3. The van der Waals surface area contributed by atoms with E-state index in [-0.39, 0.29) is 12.1 Å². The average molecular weight is 256 g/mol. The van der Waals surface area contributed by atoms with Crippen LogP contribution in [0.3, 0.4) is 0 Å². The molecule has 94 valence electrons. The second kappa shape index (κ2) is 4.93. The van der Waals surface area contributed by atoms with Crippen LogP contribution in [-0.2, 0) is 9.47 Å². The molecule has 0 aliphatic carbocycles. The van der Waals surface area contributed by atoms with E-state index in [1.54, 1.807) is 0 Å². The second-order valence-electron chi connectivity index (χ2n) is 3.99. The van der Waals surface area contributed by atoms with Crippen LogP contribution in [-0.4, -0.2) is 38.9 Å². The standard InChI is InChI=1S/C11H16N2O3S/c1-7-6-13(3-4-16-7)9-5-8(12)10(17-9)11(14)15-2/h5,7H,3-4,6,12H2,1-2H3. The molecule has 1 saturated heterocycles. The fourth-order valence-electron chi connectivity index (χ4n) is 1.82. The third kappa shape index (κ3) is 2.53. The van der Waals surface area contributed by atoms with Crippen molar-refractivity contribution in [2.75, 3.05) is 37.4 Å². The molecule has 1 aromatic rings. The molecule has 0 spiro atoms. The third-order valence-electron chi connectivity index (χ3n) is 2.67. The van der Waals surface area contributed by atoms with Crippen LogP contribution in [0.5, 0.6) is 0 Å². The predicted molar refractivity (Wildman–Crippen MR) is 67.7 cm³/mol. The number of carbonyl (C=O) groups excluding carboxylic acids is 1. The van der Waals surface area contributed by atoms with Crippen molar-refractivity contribution in [3.05, 3.63) is 10.9 Å². The van der Waals surface area contributed by atoms with Crippen LogP contribution in [0.25, 0.3) is 0 Å². The second-order valence-corrected chi connectivity index (χ2v) is 5.02. The molecule has 2 N–H and O–H groups in total. The Morgan fingerprint density at radius 1 is 1.71 bits per heavy atom. The highest BCUT2D eigenvalue weighted by atomic mass is 32.1. The zero-order chi connectivity index (χ0) is 12.4. The molecule has 1 fully saturated rings. The topological polar surface area (TPSA) is 64.8 Å². The Morgan fingerprint density at radius 2 is 2.47 bits per heavy atom. The van der Waals surface area contributed by atoms with Gasteiger partial charge in [0, 0.05) is 13.1 Å². The summed E-state index contributed by atoms with van der Waals surface area (Å²) in [5, 5.41) is 0.998. The van der Waals surface area contributed by atoms with Crippen molar-refractivity contribution >= 4 is 28.0 Å². The van der Waals surface area contributed by atoms with E-state index in [0.29, 0.717) is 17.2 Å². The van der Waals surface area contributed by atoms with Gasteiger partial charge in [0.15, 0.2) is 0 Å². The molecule has 0 aromatic carbocycles. The lowest BCUT2D eigenvalue weighted by Gasteiger charge is -2.31. The van der Waals surface area contributed by atoms with Gasteiger partial charge >= 0.3 is 5.97 Å². The molecule has 1 aliphatic rings. The van der Waals surface area contributed by atoms with E-state index in [0.717, 1.165) is 18.1 Å². The first-order valence-corrected chi connectivity index (χ1v) is 6.27. The smallest absolute Gasteiger partial charge is 0.350 e. The Bertz CT molecular complexity index is 419. The Morgan fingerprint density at radius 3 is 3.12 bits per heavy atom. The van der Waals surface area contributed by atoms with E-state index in [1.165, 1.54) is 18.4 Å². The minimum absolute atomic E-state index is 0.202. The number of thiophene rings is 1. The van der Waals surface area contributed by atoms with Gasteiger partial charge in [-0.25, -0.2) is 4.79 Å². The number of carbonyl (C=O) groups is 1. The number of rotatable bonds is 2. The summed E-state index contributed by atoms with van der Waals surface area (Å²) in [6.45, 7) is 4.38. The molecule has 2 heterocycles. The summed E-state index contributed by atoms with van der Waals surface area (Å²) in [5.41, 5.74) is 6.29. The van der Waals surface area contributed by atoms with Gasteiger partial charge in [-0.3, -0.25) is 0 Å². The molecule has 17 heavy (non-hydrogen) atoms. The van der Waals surface area contributed by atoms with E-state index in [4.69, 9.17) is 10.5 Å². The number of esters is 1. The van der Waals surface area contributed by atoms with Gasteiger partial charge in [-0.2, -0.15) is 0 Å². The van der Waals surface area contributed by atoms with Crippen LogP contribution in [0.4, 0.5) is 10.7 Å². The lowest BCUT2D eigenvalue weighted by Crippen LogP contribution is -2.40. The number of ether oxygens (including phenoxy) is 2. The Balaban J connectivity index is 2.19. The first kappa shape index (κ1) is 12.2. The molecule has 5 nitrogen and oxygen atoms in total. The summed E-state index contributed by atoms with van der Waals surface area (Å²) >= 11 is 1.37. The Kier molecular flexibility index (Phi) is 3.54. The maximum absolute atomic E-state index is 11.5. The zero-order valence-corrected chi connectivity index (χ0v) is 10.8. The summed E-state index contributed by atoms with van der Waals surface area (Å²) in [5.74, 6) is -0.375. The van der Waals surface area contributed by atoms with E-state index in [2.05, 4.69) is 9.64 Å². The quantitative estimate of drug-likeness (QED) is 0.809. The summed E-state index contributed by atoms with van der Waals surface area (Å²) < 4.78 is 10.2. The minimum Gasteiger partial charge on any atom is -0.465 e. The van der Waals surface area contributed by atoms with Crippen LogP contribution < -0.4 is 10.6 Å². The molecule has 1 aromatic heterocycles. The molecular formula is C11H16N2O3S. The van der Waals surface area contributed by atoms with Crippen molar-refractivity contribution in [2.45, 2.75) is 13.0 Å². The van der Waals surface area contributed by atoms with Gasteiger partial charge < -0.3 is 20.1 Å². The fraction of sp³-hybridized carbons (Fsp3) is 0.545. The van der Waals surface area contributed by atoms with Crippen LogP contribution in [0, 0.1) is 0 Å². The highest BCUT2D eigenvalue weighted by molar-refractivity contribution is 7.18. The van der Waals surface area contributed by atoms with Crippen molar-refractivity contribution in [1.82, 2.24) is 0 Å². The maximum Gasteiger partial charge on any atom is 0.350 e. The number of morpholine rings is 1. The average Bonchev–Trinajstić information content (AvgIpc) is 2.70. The van der Waals surface area contributed by atoms with Crippen LogP contribution in [0.15, 0.2) is 6.07 Å². The van der Waals surface area contributed by atoms with Crippen molar-refractivity contribution < 1.29 is 14.3 Å². The Labute approximate surface area is 104 Å². The number of nitrogens with zero attached hydrogens (tertiary/aromatic N) is 1. The SMILES string of the molecule is COC(=O)c1sc(N2CCOC(C)C2)cc1N. The van der Waals surface area contributed by atoms with E-state index < -0.39 is 0 Å². The molecule has 0 amide bonds. The summed E-state index contributed by atoms with van der Waals surface area (Å²) in [6, 6.07) is 1.83. The molecule has 1 atom stereocenters. The van der Waals surface area contributed by atoms with Crippen LogP contribution in [0.1, 0.15) is 16.6 Å². The highest BCUT2D eigenvalue weighted by Gasteiger charge is 2.22. The van der Waals surface area contributed by atoms with Crippen molar-refractivity contribution in [1.29, 1.82) is 0 Å². The van der Waals surface area contributed by atoms with Gasteiger partial charge in [-0.05, 0) is 13.0 Å². The van der Waals surface area contributed by atoms with Gasteiger partial charge in [0.2, 0.25) is 0 Å². The number of nitrogens with two attached hydrogens (primary N) is 1. The molecule has 1 unspecified atom stereocenters. The number of hydrogen-bond acceptors (Lipinski definition) is 6. The molecule has 0 saturated carbocycles. The van der Waals surface area contributed by atoms with Gasteiger partial charge in [-0.1, -0.05) is 0 Å². The highest BCUT2D eigenvalue weighted by Crippen LogP contribution is 2.33. The molecule has 2 rings (SSSR count). The van der Waals surface area contributed by atoms with Gasteiger partial charge in [0.25, 0.3) is 0 Å².